The zero-order valence-corrected chi connectivity index (χ0v) is 12.9. The van der Waals surface area contributed by atoms with Gasteiger partial charge in [0.25, 0.3) is 5.89 Å². The molecule has 2 heterocycles. The van der Waals surface area contributed by atoms with Gasteiger partial charge in [0.15, 0.2) is 5.13 Å². The topological polar surface area (TPSA) is 77.8 Å². The molecule has 2 aromatic heterocycles. The number of anilines is 1. The van der Waals surface area contributed by atoms with Gasteiger partial charge in [-0.2, -0.15) is 4.98 Å². The van der Waals surface area contributed by atoms with Gasteiger partial charge in [0.05, 0.1) is 5.69 Å². The first-order chi connectivity index (χ1) is 10.1. The largest absolute Gasteiger partial charge is 0.375 e. The third kappa shape index (κ3) is 2.54. The smallest absolute Gasteiger partial charge is 0.270 e. The van der Waals surface area contributed by atoms with Crippen LogP contribution in [0.15, 0.2) is 28.8 Å². The summed E-state index contributed by atoms with van der Waals surface area (Å²) in [5.74, 6) is 1.32. The predicted molar refractivity (Wildman–Crippen MR) is 84.1 cm³/mol. The third-order valence-electron chi connectivity index (χ3n) is 3.22. The highest BCUT2D eigenvalue weighted by Crippen LogP contribution is 2.35. The lowest BCUT2D eigenvalue weighted by molar-refractivity contribution is 0.432. The highest BCUT2D eigenvalue weighted by molar-refractivity contribution is 7.18. The Hall–Kier alpha value is -2.21. The molecule has 1 aromatic carbocycles. The van der Waals surface area contributed by atoms with Gasteiger partial charge in [0.2, 0.25) is 5.82 Å². The van der Waals surface area contributed by atoms with Crippen molar-refractivity contribution in [2.45, 2.75) is 26.7 Å². The van der Waals surface area contributed by atoms with Crippen molar-refractivity contribution in [2.24, 2.45) is 0 Å². The third-order valence-corrected chi connectivity index (χ3v) is 4.11. The van der Waals surface area contributed by atoms with E-state index in [9.17, 15) is 0 Å². The second-order valence-electron chi connectivity index (χ2n) is 5.16. The van der Waals surface area contributed by atoms with Crippen molar-refractivity contribution in [3.63, 3.8) is 0 Å². The number of nitrogens with zero attached hydrogens (tertiary/aromatic N) is 3. The number of aromatic nitrogens is 3. The second-order valence-corrected chi connectivity index (χ2v) is 6.19. The van der Waals surface area contributed by atoms with Crippen molar-refractivity contribution in [1.29, 1.82) is 0 Å². The van der Waals surface area contributed by atoms with E-state index in [1.807, 2.05) is 31.2 Å². The van der Waals surface area contributed by atoms with E-state index in [2.05, 4.69) is 29.0 Å². The Morgan fingerprint density at radius 1 is 1.19 bits per heavy atom. The first kappa shape index (κ1) is 13.8. The van der Waals surface area contributed by atoms with Crippen LogP contribution in [0.5, 0.6) is 0 Å². The van der Waals surface area contributed by atoms with Crippen LogP contribution in [-0.2, 0) is 0 Å². The van der Waals surface area contributed by atoms with Crippen LogP contribution >= 0.6 is 11.3 Å². The molecule has 0 radical (unpaired) electrons. The molecule has 6 heteroatoms. The van der Waals surface area contributed by atoms with Crippen molar-refractivity contribution in [1.82, 2.24) is 15.1 Å². The zero-order chi connectivity index (χ0) is 15.0. The van der Waals surface area contributed by atoms with Crippen LogP contribution in [0.4, 0.5) is 5.13 Å². The van der Waals surface area contributed by atoms with Crippen LogP contribution in [-0.4, -0.2) is 15.1 Å². The standard InChI is InChI=1S/C15H16N4OS/c1-8(2)11-12(21-15(16)17-11)14-18-13(19-20-14)10-7-5-4-6-9(10)3/h4-8H,1-3H3,(H2,16,17). The molecular formula is C15H16N4OS. The Morgan fingerprint density at radius 2 is 1.95 bits per heavy atom. The molecule has 0 aliphatic rings. The molecule has 0 bridgehead atoms. The lowest BCUT2D eigenvalue weighted by Gasteiger charge is -2.00. The number of nitrogens with two attached hydrogens (primary N) is 1. The van der Waals surface area contributed by atoms with Crippen molar-refractivity contribution in [3.05, 3.63) is 35.5 Å². The quantitative estimate of drug-likeness (QED) is 0.794. The van der Waals surface area contributed by atoms with Crippen molar-refractivity contribution < 1.29 is 4.52 Å². The normalized spacial score (nSPS) is 11.2. The number of thiazole rings is 1. The molecule has 0 unspecified atom stereocenters. The summed E-state index contributed by atoms with van der Waals surface area (Å²) < 4.78 is 5.42. The number of hydrogen-bond donors (Lipinski definition) is 1. The fourth-order valence-electron chi connectivity index (χ4n) is 2.14. The average molecular weight is 300 g/mol. The highest BCUT2D eigenvalue weighted by atomic mass is 32.1. The van der Waals surface area contributed by atoms with Gasteiger partial charge >= 0.3 is 0 Å². The molecule has 3 rings (SSSR count). The molecule has 0 spiro atoms. The van der Waals surface area contributed by atoms with Crippen LogP contribution in [0, 0.1) is 6.92 Å². The highest BCUT2D eigenvalue weighted by Gasteiger charge is 2.20. The number of benzene rings is 1. The molecule has 21 heavy (non-hydrogen) atoms. The summed E-state index contributed by atoms with van der Waals surface area (Å²) in [6, 6.07) is 7.95. The molecule has 0 saturated heterocycles. The first-order valence-corrected chi connectivity index (χ1v) is 7.54. The second kappa shape index (κ2) is 5.29. The fourth-order valence-corrected chi connectivity index (χ4v) is 3.05. The van der Waals surface area contributed by atoms with Crippen LogP contribution in [0.25, 0.3) is 22.2 Å². The summed E-state index contributed by atoms with van der Waals surface area (Å²) in [4.78, 5) is 9.72. The van der Waals surface area contributed by atoms with E-state index in [1.54, 1.807) is 0 Å². The first-order valence-electron chi connectivity index (χ1n) is 6.72. The van der Waals surface area contributed by atoms with Crippen LogP contribution in [0.3, 0.4) is 0 Å². The number of rotatable bonds is 3. The molecule has 108 valence electrons. The number of nitrogen functional groups attached to an aromatic ring is 1. The van der Waals surface area contributed by atoms with E-state index in [0.717, 1.165) is 21.7 Å². The van der Waals surface area contributed by atoms with Gasteiger partial charge in [0, 0.05) is 5.56 Å². The van der Waals surface area contributed by atoms with Crippen molar-refractivity contribution >= 4 is 16.5 Å². The molecule has 0 fully saturated rings. The van der Waals surface area contributed by atoms with Crippen molar-refractivity contribution in [3.8, 4) is 22.2 Å². The maximum absolute atomic E-state index is 5.81. The molecule has 2 N–H and O–H groups in total. The van der Waals surface area contributed by atoms with Crippen LogP contribution < -0.4 is 5.73 Å². The lowest BCUT2D eigenvalue weighted by Crippen LogP contribution is -1.92. The number of hydrogen-bond acceptors (Lipinski definition) is 6. The van der Waals surface area contributed by atoms with Crippen molar-refractivity contribution in [2.75, 3.05) is 5.73 Å². The Kier molecular flexibility index (Phi) is 3.47. The van der Waals surface area contributed by atoms with Gasteiger partial charge in [-0.1, -0.05) is 54.6 Å². The summed E-state index contributed by atoms with van der Waals surface area (Å²) in [5, 5.41) is 4.60. The fraction of sp³-hybridized carbons (Fsp3) is 0.267. The summed E-state index contributed by atoms with van der Waals surface area (Å²) in [7, 11) is 0. The van der Waals surface area contributed by atoms with E-state index in [0.29, 0.717) is 16.8 Å². The van der Waals surface area contributed by atoms with Gasteiger partial charge in [-0.15, -0.1) is 0 Å². The molecular weight excluding hydrogens is 284 g/mol. The van der Waals surface area contributed by atoms with E-state index < -0.39 is 0 Å². The SMILES string of the molecule is Cc1ccccc1-c1noc(-c2sc(N)nc2C(C)C)n1. The Labute approximate surface area is 126 Å². The summed E-state index contributed by atoms with van der Waals surface area (Å²) in [6.45, 7) is 6.16. The van der Waals surface area contributed by atoms with Crippen LogP contribution in [0.2, 0.25) is 0 Å². The molecule has 5 nitrogen and oxygen atoms in total. The van der Waals surface area contributed by atoms with E-state index in [1.165, 1.54) is 11.3 Å². The molecule has 0 atom stereocenters. The molecule has 0 saturated carbocycles. The minimum absolute atomic E-state index is 0.252. The Bertz CT molecular complexity index is 776. The zero-order valence-electron chi connectivity index (χ0n) is 12.1. The Morgan fingerprint density at radius 3 is 2.67 bits per heavy atom. The summed E-state index contributed by atoms with van der Waals surface area (Å²) in [6.07, 6.45) is 0. The number of aryl methyl sites for hydroxylation is 1. The van der Waals surface area contributed by atoms with E-state index in [4.69, 9.17) is 10.3 Å². The van der Waals surface area contributed by atoms with Gasteiger partial charge in [-0.05, 0) is 18.4 Å². The molecule has 3 aromatic rings. The van der Waals surface area contributed by atoms with E-state index in [-0.39, 0.29) is 5.92 Å². The summed E-state index contributed by atoms with van der Waals surface area (Å²) in [5.41, 5.74) is 8.79. The molecule has 0 amide bonds. The monoisotopic (exact) mass is 300 g/mol. The predicted octanol–water partition coefficient (Wildman–Crippen LogP) is 3.87. The van der Waals surface area contributed by atoms with E-state index >= 15 is 0 Å². The minimum Gasteiger partial charge on any atom is -0.375 e. The van der Waals surface area contributed by atoms with Gasteiger partial charge in [-0.3, -0.25) is 0 Å². The molecule has 0 aliphatic carbocycles. The van der Waals surface area contributed by atoms with Gasteiger partial charge < -0.3 is 10.3 Å². The van der Waals surface area contributed by atoms with Gasteiger partial charge in [0.1, 0.15) is 4.88 Å². The maximum Gasteiger partial charge on any atom is 0.270 e. The summed E-state index contributed by atoms with van der Waals surface area (Å²) >= 11 is 1.38. The lowest BCUT2D eigenvalue weighted by atomic mass is 10.1. The minimum atomic E-state index is 0.252. The maximum atomic E-state index is 5.81. The van der Waals surface area contributed by atoms with Gasteiger partial charge in [-0.25, -0.2) is 4.98 Å². The average Bonchev–Trinajstić information content (AvgIpc) is 3.05. The Balaban J connectivity index is 2.05. The van der Waals surface area contributed by atoms with Crippen LogP contribution in [0.1, 0.15) is 31.0 Å². The molecule has 0 aliphatic heterocycles.